The standard InChI is InChI=1S/C10H12N4O3/c1-3-7-12-8(17-13-7)5-14-9(15)6(2)4-11-10(14)16/h4H,3,5H2,1-2H3,(H,11,16). The van der Waals surface area contributed by atoms with Gasteiger partial charge in [-0.3, -0.25) is 9.36 Å². The molecule has 90 valence electrons. The van der Waals surface area contributed by atoms with Crippen molar-refractivity contribution in [2.45, 2.75) is 26.8 Å². The molecule has 0 fully saturated rings. The summed E-state index contributed by atoms with van der Waals surface area (Å²) in [6, 6.07) is 0. The van der Waals surface area contributed by atoms with Gasteiger partial charge in [0.15, 0.2) is 5.82 Å². The molecule has 0 aliphatic rings. The number of nitrogens with one attached hydrogen (secondary N) is 1. The van der Waals surface area contributed by atoms with Crippen molar-refractivity contribution in [2.75, 3.05) is 0 Å². The van der Waals surface area contributed by atoms with E-state index in [9.17, 15) is 9.59 Å². The first kappa shape index (κ1) is 11.3. The van der Waals surface area contributed by atoms with Crippen LogP contribution in [0.1, 0.15) is 24.2 Å². The number of aryl methyl sites for hydroxylation is 2. The lowest BCUT2D eigenvalue weighted by Gasteiger charge is -2.00. The Morgan fingerprint density at radius 2 is 2.24 bits per heavy atom. The summed E-state index contributed by atoms with van der Waals surface area (Å²) in [5.41, 5.74) is -0.387. The number of rotatable bonds is 3. The summed E-state index contributed by atoms with van der Waals surface area (Å²) in [4.78, 5) is 29.7. The van der Waals surface area contributed by atoms with Crippen LogP contribution in [0.2, 0.25) is 0 Å². The quantitative estimate of drug-likeness (QED) is 0.799. The molecule has 0 aliphatic carbocycles. The summed E-state index contributed by atoms with van der Waals surface area (Å²) in [5.74, 6) is 0.803. The maximum Gasteiger partial charge on any atom is 0.328 e. The molecule has 0 radical (unpaired) electrons. The first-order valence-electron chi connectivity index (χ1n) is 5.22. The van der Waals surface area contributed by atoms with Crippen LogP contribution >= 0.6 is 0 Å². The molecule has 0 bridgehead atoms. The minimum absolute atomic E-state index is 0.0111. The predicted octanol–water partition coefficient (Wildman–Crippen LogP) is -0.161. The van der Waals surface area contributed by atoms with Gasteiger partial charge in [-0.05, 0) is 6.92 Å². The van der Waals surface area contributed by atoms with Gasteiger partial charge in [0.2, 0.25) is 5.89 Å². The van der Waals surface area contributed by atoms with Gasteiger partial charge in [0.1, 0.15) is 6.54 Å². The van der Waals surface area contributed by atoms with Crippen LogP contribution in [0.25, 0.3) is 0 Å². The van der Waals surface area contributed by atoms with E-state index in [1.54, 1.807) is 6.92 Å². The lowest BCUT2D eigenvalue weighted by Crippen LogP contribution is -2.36. The predicted molar refractivity (Wildman–Crippen MR) is 58.8 cm³/mol. The Kier molecular flexibility index (Phi) is 2.90. The second-order valence-corrected chi connectivity index (χ2v) is 3.63. The van der Waals surface area contributed by atoms with Crippen LogP contribution < -0.4 is 11.2 Å². The Labute approximate surface area is 96.1 Å². The highest BCUT2D eigenvalue weighted by Gasteiger charge is 2.10. The molecule has 0 unspecified atom stereocenters. The smallest absolute Gasteiger partial charge is 0.328 e. The van der Waals surface area contributed by atoms with E-state index in [2.05, 4.69) is 15.1 Å². The second-order valence-electron chi connectivity index (χ2n) is 3.63. The van der Waals surface area contributed by atoms with E-state index >= 15 is 0 Å². The van der Waals surface area contributed by atoms with Gasteiger partial charge in [-0.15, -0.1) is 0 Å². The van der Waals surface area contributed by atoms with E-state index in [1.807, 2.05) is 6.92 Å². The molecule has 2 aromatic heterocycles. The molecule has 0 saturated heterocycles. The maximum atomic E-state index is 11.7. The summed E-state index contributed by atoms with van der Waals surface area (Å²) >= 11 is 0. The maximum absolute atomic E-state index is 11.7. The first-order chi connectivity index (χ1) is 8.11. The molecule has 17 heavy (non-hydrogen) atoms. The monoisotopic (exact) mass is 236 g/mol. The van der Waals surface area contributed by atoms with Crippen molar-refractivity contribution in [3.05, 3.63) is 44.3 Å². The second kappa shape index (κ2) is 4.36. The third-order valence-electron chi connectivity index (χ3n) is 2.36. The topological polar surface area (TPSA) is 93.8 Å². The van der Waals surface area contributed by atoms with E-state index in [0.29, 0.717) is 17.8 Å². The lowest BCUT2D eigenvalue weighted by atomic mass is 10.4. The van der Waals surface area contributed by atoms with Crippen LogP contribution in [0.5, 0.6) is 0 Å². The van der Waals surface area contributed by atoms with Crippen molar-refractivity contribution in [1.29, 1.82) is 0 Å². The first-order valence-corrected chi connectivity index (χ1v) is 5.22. The van der Waals surface area contributed by atoms with E-state index in [1.165, 1.54) is 6.20 Å². The highest BCUT2D eigenvalue weighted by atomic mass is 16.5. The van der Waals surface area contributed by atoms with Crippen LogP contribution in [0.4, 0.5) is 0 Å². The molecule has 2 heterocycles. The van der Waals surface area contributed by atoms with Crippen LogP contribution in [0, 0.1) is 6.92 Å². The molecule has 0 spiro atoms. The summed E-state index contributed by atoms with van der Waals surface area (Å²) in [7, 11) is 0. The number of hydrogen-bond donors (Lipinski definition) is 1. The van der Waals surface area contributed by atoms with E-state index in [4.69, 9.17) is 4.52 Å². The molecule has 0 aromatic carbocycles. The minimum Gasteiger partial charge on any atom is -0.337 e. The van der Waals surface area contributed by atoms with Crippen LogP contribution in [-0.4, -0.2) is 19.7 Å². The highest BCUT2D eigenvalue weighted by molar-refractivity contribution is 5.02. The highest BCUT2D eigenvalue weighted by Crippen LogP contribution is 1.98. The summed E-state index contributed by atoms with van der Waals surface area (Å²) in [5, 5.41) is 3.70. The van der Waals surface area contributed by atoms with Gasteiger partial charge in [-0.25, -0.2) is 4.79 Å². The molecule has 7 nitrogen and oxygen atoms in total. The van der Waals surface area contributed by atoms with Gasteiger partial charge in [0.05, 0.1) is 0 Å². The van der Waals surface area contributed by atoms with Crippen molar-refractivity contribution in [3.8, 4) is 0 Å². The van der Waals surface area contributed by atoms with Gasteiger partial charge in [0, 0.05) is 18.2 Å². The summed E-state index contributed by atoms with van der Waals surface area (Å²) in [6.07, 6.45) is 2.02. The summed E-state index contributed by atoms with van der Waals surface area (Å²) in [6.45, 7) is 3.50. The number of H-pyrrole nitrogens is 1. The van der Waals surface area contributed by atoms with E-state index in [-0.39, 0.29) is 18.0 Å². The van der Waals surface area contributed by atoms with Crippen LogP contribution in [0.15, 0.2) is 20.3 Å². The van der Waals surface area contributed by atoms with Crippen molar-refractivity contribution in [2.24, 2.45) is 0 Å². The number of hydrogen-bond acceptors (Lipinski definition) is 5. The van der Waals surface area contributed by atoms with Gasteiger partial charge in [-0.2, -0.15) is 4.98 Å². The molecule has 0 saturated carbocycles. The van der Waals surface area contributed by atoms with Crippen molar-refractivity contribution in [3.63, 3.8) is 0 Å². The Morgan fingerprint density at radius 3 is 2.88 bits per heavy atom. The molecule has 2 rings (SSSR count). The Bertz CT molecular complexity index is 637. The average molecular weight is 236 g/mol. The third-order valence-corrected chi connectivity index (χ3v) is 2.36. The molecule has 0 amide bonds. The fourth-order valence-electron chi connectivity index (χ4n) is 1.39. The molecular weight excluding hydrogens is 224 g/mol. The fourth-order valence-corrected chi connectivity index (χ4v) is 1.39. The summed E-state index contributed by atoms with van der Waals surface area (Å²) < 4.78 is 5.97. The zero-order chi connectivity index (χ0) is 12.4. The molecule has 7 heteroatoms. The molecule has 2 aromatic rings. The average Bonchev–Trinajstić information content (AvgIpc) is 2.77. The molecular formula is C10H12N4O3. The van der Waals surface area contributed by atoms with Gasteiger partial charge < -0.3 is 9.51 Å². The number of nitrogens with zero attached hydrogens (tertiary/aromatic N) is 3. The largest absolute Gasteiger partial charge is 0.337 e. The van der Waals surface area contributed by atoms with Crippen LogP contribution in [-0.2, 0) is 13.0 Å². The fraction of sp³-hybridized carbons (Fsp3) is 0.400. The van der Waals surface area contributed by atoms with Gasteiger partial charge >= 0.3 is 5.69 Å². The normalized spacial score (nSPS) is 10.7. The van der Waals surface area contributed by atoms with Gasteiger partial charge in [-0.1, -0.05) is 12.1 Å². The van der Waals surface area contributed by atoms with Crippen molar-refractivity contribution < 1.29 is 4.52 Å². The van der Waals surface area contributed by atoms with Gasteiger partial charge in [0.25, 0.3) is 5.56 Å². The van der Waals surface area contributed by atoms with Crippen molar-refractivity contribution in [1.82, 2.24) is 19.7 Å². The third kappa shape index (κ3) is 2.17. The Balaban J connectivity index is 2.39. The Morgan fingerprint density at radius 1 is 1.47 bits per heavy atom. The van der Waals surface area contributed by atoms with E-state index < -0.39 is 5.69 Å². The zero-order valence-corrected chi connectivity index (χ0v) is 9.56. The SMILES string of the molecule is CCc1noc(Cn2c(=O)[nH]cc(C)c2=O)n1. The zero-order valence-electron chi connectivity index (χ0n) is 9.56. The van der Waals surface area contributed by atoms with Crippen molar-refractivity contribution >= 4 is 0 Å². The lowest BCUT2D eigenvalue weighted by molar-refractivity contribution is 0.363. The minimum atomic E-state index is -0.489. The number of aromatic nitrogens is 4. The molecule has 1 N–H and O–H groups in total. The Hall–Kier alpha value is -2.18. The number of aromatic amines is 1. The van der Waals surface area contributed by atoms with E-state index in [0.717, 1.165) is 4.57 Å². The van der Waals surface area contributed by atoms with Crippen LogP contribution in [0.3, 0.4) is 0 Å². The molecule has 0 atom stereocenters. The molecule has 0 aliphatic heterocycles.